The van der Waals surface area contributed by atoms with Gasteiger partial charge in [0.25, 0.3) is 0 Å². The van der Waals surface area contributed by atoms with Crippen LogP contribution in [0.25, 0.3) is 0 Å². The summed E-state index contributed by atoms with van der Waals surface area (Å²) in [6, 6.07) is 1.84. The number of nitriles is 1. The SMILES string of the molecule is N#CCC(=O)NCCCCCN1CCCCC1. The van der Waals surface area contributed by atoms with Crippen molar-refractivity contribution in [1.82, 2.24) is 10.2 Å². The van der Waals surface area contributed by atoms with Crippen LogP contribution in [0.4, 0.5) is 0 Å². The highest BCUT2D eigenvalue weighted by atomic mass is 16.1. The summed E-state index contributed by atoms with van der Waals surface area (Å²) in [7, 11) is 0. The molecule has 4 nitrogen and oxygen atoms in total. The molecule has 0 atom stereocenters. The fraction of sp³-hybridized carbons (Fsp3) is 0.846. The number of carbonyl (C=O) groups is 1. The highest BCUT2D eigenvalue weighted by molar-refractivity contribution is 5.77. The molecule has 0 aromatic heterocycles. The first-order valence-electron chi connectivity index (χ1n) is 6.69. The lowest BCUT2D eigenvalue weighted by atomic mass is 10.1. The minimum absolute atomic E-state index is 0.0201. The van der Waals surface area contributed by atoms with Gasteiger partial charge in [-0.3, -0.25) is 4.79 Å². The fourth-order valence-corrected chi connectivity index (χ4v) is 2.18. The van der Waals surface area contributed by atoms with Gasteiger partial charge >= 0.3 is 0 Å². The van der Waals surface area contributed by atoms with E-state index in [4.69, 9.17) is 5.26 Å². The Morgan fingerprint density at radius 2 is 1.94 bits per heavy atom. The number of hydrogen-bond acceptors (Lipinski definition) is 3. The van der Waals surface area contributed by atoms with Crippen molar-refractivity contribution >= 4 is 5.91 Å². The number of nitrogens with one attached hydrogen (secondary N) is 1. The molecular weight excluding hydrogens is 214 g/mol. The molecule has 1 saturated heterocycles. The van der Waals surface area contributed by atoms with Gasteiger partial charge in [-0.05, 0) is 45.3 Å². The van der Waals surface area contributed by atoms with Gasteiger partial charge in [-0.15, -0.1) is 0 Å². The topological polar surface area (TPSA) is 56.1 Å². The van der Waals surface area contributed by atoms with Crippen molar-refractivity contribution in [1.29, 1.82) is 5.26 Å². The van der Waals surface area contributed by atoms with E-state index in [2.05, 4.69) is 10.2 Å². The fourth-order valence-electron chi connectivity index (χ4n) is 2.18. The third kappa shape index (κ3) is 6.96. The van der Waals surface area contributed by atoms with Crippen molar-refractivity contribution in [3.63, 3.8) is 0 Å². The number of nitrogens with zero attached hydrogens (tertiary/aromatic N) is 2. The van der Waals surface area contributed by atoms with Crippen molar-refractivity contribution in [2.45, 2.75) is 44.9 Å². The van der Waals surface area contributed by atoms with Crippen LogP contribution < -0.4 is 5.32 Å². The lowest BCUT2D eigenvalue weighted by Gasteiger charge is -2.26. The van der Waals surface area contributed by atoms with Crippen LogP contribution in [0.1, 0.15) is 44.9 Å². The normalized spacial score (nSPS) is 16.4. The monoisotopic (exact) mass is 237 g/mol. The molecule has 4 heteroatoms. The first-order chi connectivity index (χ1) is 8.33. The second kappa shape index (κ2) is 9.00. The Morgan fingerprint density at radius 1 is 1.18 bits per heavy atom. The Morgan fingerprint density at radius 3 is 2.65 bits per heavy atom. The van der Waals surface area contributed by atoms with Gasteiger partial charge in [-0.1, -0.05) is 12.8 Å². The van der Waals surface area contributed by atoms with Crippen molar-refractivity contribution in [3.8, 4) is 6.07 Å². The molecule has 0 aromatic carbocycles. The van der Waals surface area contributed by atoms with Crippen molar-refractivity contribution in [3.05, 3.63) is 0 Å². The van der Waals surface area contributed by atoms with Crippen molar-refractivity contribution in [2.24, 2.45) is 0 Å². The molecule has 0 unspecified atom stereocenters. The standard InChI is InChI=1S/C13H23N3O/c14-8-7-13(17)15-9-3-1-4-10-16-11-5-2-6-12-16/h1-7,9-12H2,(H,15,17). The van der Waals surface area contributed by atoms with E-state index in [1.807, 2.05) is 6.07 Å². The van der Waals surface area contributed by atoms with Crippen LogP contribution in [0.3, 0.4) is 0 Å². The summed E-state index contributed by atoms with van der Waals surface area (Å²) in [6.45, 7) is 4.43. The summed E-state index contributed by atoms with van der Waals surface area (Å²) in [5.74, 6) is -0.150. The Bertz CT molecular complexity index is 254. The minimum Gasteiger partial charge on any atom is -0.355 e. The van der Waals surface area contributed by atoms with Crippen molar-refractivity contribution < 1.29 is 4.79 Å². The van der Waals surface area contributed by atoms with Crippen LogP contribution in [0.15, 0.2) is 0 Å². The van der Waals surface area contributed by atoms with Gasteiger partial charge in [-0.2, -0.15) is 5.26 Å². The first kappa shape index (κ1) is 14.0. The molecule has 1 N–H and O–H groups in total. The van der Waals surface area contributed by atoms with E-state index in [-0.39, 0.29) is 12.3 Å². The second-order valence-corrected chi connectivity index (χ2v) is 4.65. The number of carbonyl (C=O) groups excluding carboxylic acids is 1. The third-order valence-corrected chi connectivity index (χ3v) is 3.16. The summed E-state index contributed by atoms with van der Waals surface area (Å²) < 4.78 is 0. The molecule has 1 fully saturated rings. The lowest BCUT2D eigenvalue weighted by molar-refractivity contribution is -0.120. The highest BCUT2D eigenvalue weighted by Crippen LogP contribution is 2.09. The summed E-state index contributed by atoms with van der Waals surface area (Å²) in [4.78, 5) is 13.5. The number of likely N-dealkylation sites (tertiary alicyclic amines) is 1. The van der Waals surface area contributed by atoms with E-state index in [9.17, 15) is 4.79 Å². The van der Waals surface area contributed by atoms with Crippen molar-refractivity contribution in [2.75, 3.05) is 26.2 Å². The van der Waals surface area contributed by atoms with E-state index < -0.39 is 0 Å². The van der Waals surface area contributed by atoms with E-state index in [1.54, 1.807) is 0 Å². The van der Waals surface area contributed by atoms with E-state index in [0.29, 0.717) is 6.54 Å². The quantitative estimate of drug-likeness (QED) is 0.685. The van der Waals surface area contributed by atoms with Crippen LogP contribution in [-0.2, 0) is 4.79 Å². The van der Waals surface area contributed by atoms with Gasteiger partial charge in [0.1, 0.15) is 6.42 Å². The smallest absolute Gasteiger partial charge is 0.234 e. The number of unbranched alkanes of at least 4 members (excludes halogenated alkanes) is 2. The molecule has 0 bridgehead atoms. The summed E-state index contributed by atoms with van der Waals surface area (Å²) in [5.41, 5.74) is 0. The average molecular weight is 237 g/mol. The highest BCUT2D eigenvalue weighted by Gasteiger charge is 2.08. The summed E-state index contributed by atoms with van der Waals surface area (Å²) >= 11 is 0. The van der Waals surface area contributed by atoms with Gasteiger partial charge in [0.05, 0.1) is 6.07 Å². The summed E-state index contributed by atoms with van der Waals surface area (Å²) in [6.07, 6.45) is 7.46. The van der Waals surface area contributed by atoms with Gasteiger partial charge in [0.2, 0.25) is 5.91 Å². The second-order valence-electron chi connectivity index (χ2n) is 4.65. The molecule has 1 heterocycles. The first-order valence-corrected chi connectivity index (χ1v) is 6.69. The van der Waals surface area contributed by atoms with E-state index >= 15 is 0 Å². The molecule has 17 heavy (non-hydrogen) atoms. The lowest BCUT2D eigenvalue weighted by Crippen LogP contribution is -2.30. The molecule has 96 valence electrons. The maximum absolute atomic E-state index is 11.0. The van der Waals surface area contributed by atoms with E-state index in [1.165, 1.54) is 45.3 Å². The molecule has 0 saturated carbocycles. The van der Waals surface area contributed by atoms with Crippen LogP contribution >= 0.6 is 0 Å². The molecule has 0 aromatic rings. The Hall–Kier alpha value is -1.08. The zero-order chi connectivity index (χ0) is 12.3. The average Bonchev–Trinajstić information content (AvgIpc) is 2.35. The Kier molecular flexibility index (Phi) is 7.40. The van der Waals surface area contributed by atoms with E-state index in [0.717, 1.165) is 12.8 Å². The maximum atomic E-state index is 11.0. The van der Waals surface area contributed by atoms with Gasteiger partial charge < -0.3 is 10.2 Å². The van der Waals surface area contributed by atoms with Gasteiger partial charge in [0.15, 0.2) is 0 Å². The largest absolute Gasteiger partial charge is 0.355 e. The molecular formula is C13H23N3O. The molecule has 1 rings (SSSR count). The zero-order valence-electron chi connectivity index (χ0n) is 10.6. The van der Waals surface area contributed by atoms with Gasteiger partial charge in [0, 0.05) is 6.54 Å². The molecule has 1 aliphatic heterocycles. The minimum atomic E-state index is -0.150. The van der Waals surface area contributed by atoms with Crippen LogP contribution in [0.2, 0.25) is 0 Å². The molecule has 0 radical (unpaired) electrons. The number of piperidine rings is 1. The predicted octanol–water partition coefficient (Wildman–Crippen LogP) is 1.67. The number of amides is 1. The molecule has 0 aliphatic carbocycles. The third-order valence-electron chi connectivity index (χ3n) is 3.16. The summed E-state index contributed by atoms with van der Waals surface area (Å²) in [5, 5.41) is 11.1. The number of hydrogen-bond donors (Lipinski definition) is 1. The Labute approximate surface area is 104 Å². The molecule has 1 amide bonds. The Balaban J connectivity index is 1.87. The zero-order valence-corrected chi connectivity index (χ0v) is 10.6. The predicted molar refractivity (Wildman–Crippen MR) is 67.4 cm³/mol. The number of rotatable bonds is 7. The molecule has 0 spiro atoms. The molecule has 1 aliphatic rings. The van der Waals surface area contributed by atoms with Crippen LogP contribution in [0.5, 0.6) is 0 Å². The van der Waals surface area contributed by atoms with Crippen LogP contribution in [-0.4, -0.2) is 37.0 Å². The maximum Gasteiger partial charge on any atom is 0.234 e. The van der Waals surface area contributed by atoms with Crippen LogP contribution in [0, 0.1) is 11.3 Å². The van der Waals surface area contributed by atoms with Gasteiger partial charge in [-0.25, -0.2) is 0 Å².